The average molecular weight is 346 g/mol. The van der Waals surface area contributed by atoms with Crippen molar-refractivity contribution in [3.05, 3.63) is 51.0 Å². The number of carbonyl (C=O) groups is 1. The number of aromatic nitrogens is 2. The fraction of sp³-hybridized carbons (Fsp3) is 0.231. The fourth-order valence-corrected chi connectivity index (χ4v) is 2.36. The molecule has 1 aromatic heterocycles. The predicted octanol–water partition coefficient (Wildman–Crippen LogP) is 4.08. The Morgan fingerprint density at radius 3 is 2.95 bits per heavy atom. The van der Waals surface area contributed by atoms with Crippen LogP contribution in [0.25, 0.3) is 0 Å². The summed E-state index contributed by atoms with van der Waals surface area (Å²) in [6.07, 6.45) is 2.21. The number of hydrogen-bond donors (Lipinski definition) is 0. The lowest BCUT2D eigenvalue weighted by atomic mass is 10.1. The largest absolute Gasteiger partial charge is 0.287 e. The van der Waals surface area contributed by atoms with Gasteiger partial charge < -0.3 is 0 Å². The molecule has 1 aromatic carbocycles. The second-order valence-corrected chi connectivity index (χ2v) is 5.34. The first-order valence-electron chi connectivity index (χ1n) is 5.75. The van der Waals surface area contributed by atoms with E-state index in [1.165, 1.54) is 29.1 Å². The van der Waals surface area contributed by atoms with Crippen molar-refractivity contribution < 1.29 is 9.18 Å². The van der Waals surface area contributed by atoms with Crippen LogP contribution in [0.15, 0.2) is 28.9 Å². The van der Waals surface area contributed by atoms with Gasteiger partial charge in [0.05, 0.1) is 16.8 Å². The molecule has 0 N–H and O–H groups in total. The molecule has 3 nitrogen and oxygen atoms in total. The van der Waals surface area contributed by atoms with Crippen LogP contribution in [-0.2, 0) is 6.54 Å². The summed E-state index contributed by atoms with van der Waals surface area (Å²) in [5.41, 5.74) is 0.203. The first-order valence-corrected chi connectivity index (χ1v) is 6.92. The second-order valence-electron chi connectivity index (χ2n) is 4.02. The predicted molar refractivity (Wildman–Crippen MR) is 75.1 cm³/mol. The molecule has 2 rings (SSSR count). The van der Waals surface area contributed by atoms with Crippen molar-refractivity contribution in [3.63, 3.8) is 0 Å². The van der Waals surface area contributed by atoms with E-state index >= 15 is 0 Å². The van der Waals surface area contributed by atoms with Crippen LogP contribution in [-0.4, -0.2) is 15.6 Å². The number of carbonyl (C=O) groups excluding carboxylic acids is 1. The molecule has 19 heavy (non-hydrogen) atoms. The number of benzene rings is 1. The number of hydrogen-bond acceptors (Lipinski definition) is 2. The number of nitrogens with zero attached hydrogens (tertiary/aromatic N) is 2. The van der Waals surface area contributed by atoms with Gasteiger partial charge in [-0.1, -0.05) is 34.5 Å². The van der Waals surface area contributed by atoms with E-state index in [4.69, 9.17) is 11.6 Å². The lowest BCUT2D eigenvalue weighted by Gasteiger charge is -2.07. The second kappa shape index (κ2) is 5.84. The molecule has 0 aliphatic heterocycles. The topological polar surface area (TPSA) is 34.9 Å². The third kappa shape index (κ3) is 2.87. The Bertz CT molecular complexity index is 627. The van der Waals surface area contributed by atoms with Gasteiger partial charge in [-0.3, -0.25) is 9.48 Å². The Kier molecular flexibility index (Phi) is 4.37. The summed E-state index contributed by atoms with van der Waals surface area (Å²) in [5.74, 6) is -1.04. The summed E-state index contributed by atoms with van der Waals surface area (Å²) >= 11 is 9.20. The fourth-order valence-electron chi connectivity index (χ4n) is 1.77. The number of halogens is 3. The highest BCUT2D eigenvalue weighted by molar-refractivity contribution is 9.10. The zero-order valence-corrected chi connectivity index (χ0v) is 12.5. The van der Waals surface area contributed by atoms with Gasteiger partial charge >= 0.3 is 0 Å². The standard InChI is InChI=1S/C13H11BrClFN2O/c1-2-5-18-12(10(15)7-17-18)13(19)9-6-8(14)3-4-11(9)16/h3-4,6-7H,2,5H2,1H3. The van der Waals surface area contributed by atoms with Crippen LogP contribution >= 0.6 is 27.5 Å². The van der Waals surface area contributed by atoms with Crippen LogP contribution in [0.5, 0.6) is 0 Å². The van der Waals surface area contributed by atoms with Crippen molar-refractivity contribution in [2.75, 3.05) is 0 Å². The number of ketones is 1. The van der Waals surface area contributed by atoms with E-state index in [0.29, 0.717) is 11.0 Å². The molecule has 0 saturated carbocycles. The minimum absolute atomic E-state index is 0.0193. The Labute approximate surface area is 123 Å². The monoisotopic (exact) mass is 344 g/mol. The highest BCUT2D eigenvalue weighted by Gasteiger charge is 2.21. The van der Waals surface area contributed by atoms with E-state index < -0.39 is 11.6 Å². The summed E-state index contributed by atoms with van der Waals surface area (Å²) in [4.78, 5) is 12.4. The van der Waals surface area contributed by atoms with Gasteiger partial charge in [0.2, 0.25) is 5.78 Å². The van der Waals surface area contributed by atoms with Gasteiger partial charge in [0.15, 0.2) is 0 Å². The van der Waals surface area contributed by atoms with Gasteiger partial charge in [-0.05, 0) is 24.6 Å². The summed E-state index contributed by atoms with van der Waals surface area (Å²) in [6, 6.07) is 4.22. The van der Waals surface area contributed by atoms with Crippen molar-refractivity contribution >= 4 is 33.3 Å². The highest BCUT2D eigenvalue weighted by atomic mass is 79.9. The molecule has 0 radical (unpaired) electrons. The number of aryl methyl sites for hydroxylation is 1. The first-order chi connectivity index (χ1) is 9.04. The summed E-state index contributed by atoms with van der Waals surface area (Å²) in [7, 11) is 0. The highest BCUT2D eigenvalue weighted by Crippen LogP contribution is 2.23. The molecule has 0 unspecified atom stereocenters. The summed E-state index contributed by atoms with van der Waals surface area (Å²) < 4.78 is 15.9. The Morgan fingerprint density at radius 1 is 1.53 bits per heavy atom. The molecule has 6 heteroatoms. The van der Waals surface area contributed by atoms with Crippen molar-refractivity contribution in [2.24, 2.45) is 0 Å². The maximum atomic E-state index is 13.7. The zero-order chi connectivity index (χ0) is 14.0. The van der Waals surface area contributed by atoms with E-state index in [9.17, 15) is 9.18 Å². The van der Waals surface area contributed by atoms with Crippen molar-refractivity contribution in [1.29, 1.82) is 0 Å². The van der Waals surface area contributed by atoms with Crippen LogP contribution in [0.2, 0.25) is 5.02 Å². The van der Waals surface area contributed by atoms with E-state index in [-0.39, 0.29) is 16.3 Å². The summed E-state index contributed by atoms with van der Waals surface area (Å²) in [6.45, 7) is 2.52. The zero-order valence-electron chi connectivity index (χ0n) is 10.2. The first kappa shape index (κ1) is 14.2. The quantitative estimate of drug-likeness (QED) is 0.783. The minimum Gasteiger partial charge on any atom is -0.287 e. The third-order valence-corrected chi connectivity index (χ3v) is 3.39. The molecule has 2 aromatic rings. The molecule has 1 heterocycles. The molecule has 0 bridgehead atoms. The van der Waals surface area contributed by atoms with Gasteiger partial charge in [0.1, 0.15) is 11.5 Å². The van der Waals surface area contributed by atoms with Crippen LogP contribution in [0.1, 0.15) is 29.4 Å². The van der Waals surface area contributed by atoms with E-state index in [1.807, 2.05) is 6.92 Å². The normalized spacial score (nSPS) is 10.7. The van der Waals surface area contributed by atoms with E-state index in [0.717, 1.165) is 6.42 Å². The maximum Gasteiger partial charge on any atom is 0.215 e. The molecule has 0 amide bonds. The average Bonchev–Trinajstić information content (AvgIpc) is 2.73. The van der Waals surface area contributed by atoms with Crippen LogP contribution < -0.4 is 0 Å². The minimum atomic E-state index is -0.575. The molecule has 0 spiro atoms. The van der Waals surface area contributed by atoms with Crippen molar-refractivity contribution in [1.82, 2.24) is 9.78 Å². The van der Waals surface area contributed by atoms with E-state index in [2.05, 4.69) is 21.0 Å². The lowest BCUT2D eigenvalue weighted by Crippen LogP contribution is -2.13. The lowest BCUT2D eigenvalue weighted by molar-refractivity contribution is 0.102. The molecule has 0 aliphatic carbocycles. The molecule has 0 saturated heterocycles. The van der Waals surface area contributed by atoms with Crippen LogP contribution in [0.4, 0.5) is 4.39 Å². The SMILES string of the molecule is CCCn1ncc(Cl)c1C(=O)c1cc(Br)ccc1F. The number of rotatable bonds is 4. The summed E-state index contributed by atoms with van der Waals surface area (Å²) in [5, 5.41) is 4.27. The Balaban J connectivity index is 2.49. The van der Waals surface area contributed by atoms with Crippen LogP contribution in [0, 0.1) is 5.82 Å². The van der Waals surface area contributed by atoms with Crippen LogP contribution in [0.3, 0.4) is 0 Å². The van der Waals surface area contributed by atoms with Gasteiger partial charge in [-0.25, -0.2) is 4.39 Å². The smallest absolute Gasteiger partial charge is 0.215 e. The van der Waals surface area contributed by atoms with Gasteiger partial charge in [-0.15, -0.1) is 0 Å². The molecular formula is C13H11BrClFN2O. The Morgan fingerprint density at radius 2 is 2.26 bits per heavy atom. The van der Waals surface area contributed by atoms with Crippen molar-refractivity contribution in [3.8, 4) is 0 Å². The molecule has 0 fully saturated rings. The molecular weight excluding hydrogens is 335 g/mol. The third-order valence-electron chi connectivity index (χ3n) is 2.62. The molecule has 0 aliphatic rings. The van der Waals surface area contributed by atoms with Crippen molar-refractivity contribution in [2.45, 2.75) is 19.9 Å². The van der Waals surface area contributed by atoms with E-state index in [1.54, 1.807) is 0 Å². The van der Waals surface area contributed by atoms with Gasteiger partial charge in [0.25, 0.3) is 0 Å². The van der Waals surface area contributed by atoms with Gasteiger partial charge in [0, 0.05) is 11.0 Å². The van der Waals surface area contributed by atoms with Gasteiger partial charge in [-0.2, -0.15) is 5.10 Å². The molecule has 100 valence electrons. The molecule has 0 atom stereocenters. The maximum absolute atomic E-state index is 13.7. The Hall–Kier alpha value is -1.20.